The van der Waals surface area contributed by atoms with Crippen LogP contribution in [0, 0.1) is 11.8 Å². The fourth-order valence-corrected chi connectivity index (χ4v) is 1.52. The molecule has 1 fully saturated rings. The van der Waals surface area contributed by atoms with Gasteiger partial charge in [-0.1, -0.05) is 24.3 Å². The Labute approximate surface area is 79.3 Å². The zero-order chi connectivity index (χ0) is 9.84. The highest BCUT2D eigenvalue weighted by atomic mass is 16.5. The minimum Gasteiger partial charge on any atom is -0.466 e. The zero-order valence-electron chi connectivity index (χ0n) is 8.25. The van der Waals surface area contributed by atoms with Crippen LogP contribution in [0.15, 0.2) is 24.3 Å². The molecule has 2 nitrogen and oxygen atoms in total. The molecule has 0 aromatic heterocycles. The second-order valence-corrected chi connectivity index (χ2v) is 3.35. The zero-order valence-corrected chi connectivity index (χ0v) is 8.25. The van der Waals surface area contributed by atoms with Crippen LogP contribution in [-0.2, 0) is 9.53 Å². The molecule has 0 aliphatic heterocycles. The van der Waals surface area contributed by atoms with Crippen molar-refractivity contribution in [2.45, 2.75) is 20.3 Å². The lowest BCUT2D eigenvalue weighted by Crippen LogP contribution is -2.07. The van der Waals surface area contributed by atoms with Gasteiger partial charge >= 0.3 is 5.97 Å². The summed E-state index contributed by atoms with van der Waals surface area (Å²) in [7, 11) is 0. The number of carbonyl (C=O) groups excluding carboxylic acids is 1. The standard InChI is InChI=1S/C11H16O2/c1-4-6-8(3)9-7-10(9)11(12)13-5-2/h4,6,9-10H,1,5,7H2,2-3H3/b8-6+/t9-,10+/m0/s1. The van der Waals surface area contributed by atoms with Gasteiger partial charge < -0.3 is 4.74 Å². The smallest absolute Gasteiger partial charge is 0.309 e. The molecular formula is C11H16O2. The molecule has 0 spiro atoms. The summed E-state index contributed by atoms with van der Waals surface area (Å²) in [5.74, 6) is 0.456. The van der Waals surface area contributed by atoms with Crippen LogP contribution in [0.2, 0.25) is 0 Å². The van der Waals surface area contributed by atoms with Crippen LogP contribution in [0.3, 0.4) is 0 Å². The minimum atomic E-state index is -0.0516. The van der Waals surface area contributed by atoms with E-state index in [1.165, 1.54) is 5.57 Å². The number of hydrogen-bond donors (Lipinski definition) is 0. The van der Waals surface area contributed by atoms with Crippen LogP contribution in [0.25, 0.3) is 0 Å². The summed E-state index contributed by atoms with van der Waals surface area (Å²) in [6.45, 7) is 7.97. The van der Waals surface area contributed by atoms with E-state index < -0.39 is 0 Å². The Morgan fingerprint density at radius 2 is 2.31 bits per heavy atom. The van der Waals surface area contributed by atoms with E-state index in [4.69, 9.17) is 4.74 Å². The molecule has 0 aromatic rings. The molecule has 1 aliphatic carbocycles. The third-order valence-corrected chi connectivity index (χ3v) is 2.35. The predicted molar refractivity (Wildman–Crippen MR) is 52.2 cm³/mol. The van der Waals surface area contributed by atoms with Crippen LogP contribution in [-0.4, -0.2) is 12.6 Å². The molecule has 2 heteroatoms. The Bertz CT molecular complexity index is 240. The van der Waals surface area contributed by atoms with Crippen molar-refractivity contribution in [3.05, 3.63) is 24.3 Å². The van der Waals surface area contributed by atoms with Gasteiger partial charge in [0.1, 0.15) is 0 Å². The molecule has 0 bridgehead atoms. The van der Waals surface area contributed by atoms with Crippen molar-refractivity contribution in [2.24, 2.45) is 11.8 Å². The van der Waals surface area contributed by atoms with Crippen LogP contribution < -0.4 is 0 Å². The van der Waals surface area contributed by atoms with E-state index >= 15 is 0 Å². The maximum absolute atomic E-state index is 11.2. The lowest BCUT2D eigenvalue weighted by atomic mass is 10.1. The van der Waals surface area contributed by atoms with E-state index in [1.54, 1.807) is 6.08 Å². The molecule has 72 valence electrons. The SMILES string of the molecule is C=C/C=C(\C)[C@@H]1C[C@H]1C(=O)OCC. The Morgan fingerprint density at radius 1 is 1.62 bits per heavy atom. The molecule has 0 radical (unpaired) electrons. The van der Waals surface area contributed by atoms with Crippen molar-refractivity contribution in [1.82, 2.24) is 0 Å². The number of allylic oxidation sites excluding steroid dienone is 3. The first-order chi connectivity index (χ1) is 6.20. The van der Waals surface area contributed by atoms with E-state index in [-0.39, 0.29) is 11.9 Å². The normalized spacial score (nSPS) is 26.8. The van der Waals surface area contributed by atoms with E-state index in [9.17, 15) is 4.79 Å². The van der Waals surface area contributed by atoms with Crippen molar-refractivity contribution in [3.63, 3.8) is 0 Å². The summed E-state index contributed by atoms with van der Waals surface area (Å²) in [6.07, 6.45) is 4.66. The van der Waals surface area contributed by atoms with Crippen LogP contribution >= 0.6 is 0 Å². The van der Waals surface area contributed by atoms with Crippen molar-refractivity contribution >= 4 is 5.97 Å². The third kappa shape index (κ3) is 2.44. The molecule has 0 aromatic carbocycles. The Hall–Kier alpha value is -1.05. The first-order valence-corrected chi connectivity index (χ1v) is 4.66. The van der Waals surface area contributed by atoms with Gasteiger partial charge in [-0.25, -0.2) is 0 Å². The first kappa shape index (κ1) is 10.0. The van der Waals surface area contributed by atoms with Crippen molar-refractivity contribution < 1.29 is 9.53 Å². The molecule has 13 heavy (non-hydrogen) atoms. The topological polar surface area (TPSA) is 26.3 Å². The number of hydrogen-bond acceptors (Lipinski definition) is 2. The van der Waals surface area contributed by atoms with Gasteiger partial charge in [0.05, 0.1) is 12.5 Å². The van der Waals surface area contributed by atoms with Crippen molar-refractivity contribution in [1.29, 1.82) is 0 Å². The van der Waals surface area contributed by atoms with E-state index in [1.807, 2.05) is 19.9 Å². The van der Waals surface area contributed by atoms with Gasteiger partial charge in [0.2, 0.25) is 0 Å². The van der Waals surface area contributed by atoms with E-state index in [0.29, 0.717) is 12.5 Å². The summed E-state index contributed by atoms with van der Waals surface area (Å²) >= 11 is 0. The summed E-state index contributed by atoms with van der Waals surface area (Å²) < 4.78 is 4.93. The highest BCUT2D eigenvalue weighted by molar-refractivity contribution is 5.76. The van der Waals surface area contributed by atoms with Gasteiger partial charge in [-0.3, -0.25) is 4.79 Å². The van der Waals surface area contributed by atoms with Gasteiger partial charge in [-0.15, -0.1) is 0 Å². The van der Waals surface area contributed by atoms with Gasteiger partial charge in [0, 0.05) is 0 Å². The minimum absolute atomic E-state index is 0.0516. The van der Waals surface area contributed by atoms with Crippen molar-refractivity contribution in [2.75, 3.05) is 6.61 Å². The molecular weight excluding hydrogens is 164 g/mol. The molecule has 0 unspecified atom stereocenters. The molecule has 1 saturated carbocycles. The average molecular weight is 180 g/mol. The van der Waals surface area contributed by atoms with Gasteiger partial charge in [-0.2, -0.15) is 0 Å². The average Bonchev–Trinajstić information content (AvgIpc) is 2.84. The number of esters is 1. The fourth-order valence-electron chi connectivity index (χ4n) is 1.52. The molecule has 0 N–H and O–H groups in total. The maximum Gasteiger partial charge on any atom is 0.309 e. The predicted octanol–water partition coefficient (Wildman–Crippen LogP) is 2.32. The quantitative estimate of drug-likeness (QED) is 0.490. The molecule has 2 atom stereocenters. The molecule has 1 aliphatic rings. The molecule has 1 rings (SSSR count). The number of ether oxygens (including phenoxy) is 1. The Morgan fingerprint density at radius 3 is 2.85 bits per heavy atom. The maximum atomic E-state index is 11.2. The molecule has 0 amide bonds. The van der Waals surface area contributed by atoms with E-state index in [2.05, 4.69) is 6.58 Å². The fraction of sp³-hybridized carbons (Fsp3) is 0.545. The van der Waals surface area contributed by atoms with Crippen LogP contribution in [0.1, 0.15) is 20.3 Å². The second-order valence-electron chi connectivity index (χ2n) is 3.35. The number of carbonyl (C=O) groups is 1. The van der Waals surface area contributed by atoms with Crippen LogP contribution in [0.5, 0.6) is 0 Å². The van der Waals surface area contributed by atoms with Gasteiger partial charge in [0.25, 0.3) is 0 Å². The first-order valence-electron chi connectivity index (χ1n) is 4.66. The summed E-state index contributed by atoms with van der Waals surface area (Å²) in [6, 6.07) is 0. The van der Waals surface area contributed by atoms with Gasteiger partial charge in [0.15, 0.2) is 0 Å². The highest BCUT2D eigenvalue weighted by Gasteiger charge is 2.44. The lowest BCUT2D eigenvalue weighted by Gasteiger charge is -2.00. The Balaban J connectivity index is 2.41. The largest absolute Gasteiger partial charge is 0.466 e. The highest BCUT2D eigenvalue weighted by Crippen LogP contribution is 2.44. The monoisotopic (exact) mass is 180 g/mol. The summed E-state index contributed by atoms with van der Waals surface area (Å²) in [4.78, 5) is 11.2. The van der Waals surface area contributed by atoms with Gasteiger partial charge in [-0.05, 0) is 26.2 Å². The van der Waals surface area contributed by atoms with E-state index in [0.717, 1.165) is 6.42 Å². The lowest BCUT2D eigenvalue weighted by molar-refractivity contribution is -0.144. The number of rotatable bonds is 4. The molecule has 0 heterocycles. The van der Waals surface area contributed by atoms with Crippen molar-refractivity contribution in [3.8, 4) is 0 Å². The molecule has 0 saturated heterocycles. The Kier molecular flexibility index (Phi) is 3.29. The van der Waals surface area contributed by atoms with Crippen LogP contribution in [0.4, 0.5) is 0 Å². The second kappa shape index (κ2) is 4.26. The third-order valence-electron chi connectivity index (χ3n) is 2.35. The summed E-state index contributed by atoms with van der Waals surface area (Å²) in [5, 5.41) is 0. The summed E-state index contributed by atoms with van der Waals surface area (Å²) in [5.41, 5.74) is 1.23.